The minimum Gasteiger partial charge on any atom is -0.383 e. The van der Waals surface area contributed by atoms with Gasteiger partial charge in [-0.1, -0.05) is 6.92 Å². The predicted molar refractivity (Wildman–Crippen MR) is 110 cm³/mol. The number of guanidine groups is 1. The summed E-state index contributed by atoms with van der Waals surface area (Å²) in [5.74, 6) is 1.56. The highest BCUT2D eigenvalue weighted by atomic mass is 16.5. The second-order valence-corrected chi connectivity index (χ2v) is 7.56. The van der Waals surface area contributed by atoms with Gasteiger partial charge in [-0.25, -0.2) is 4.98 Å². The summed E-state index contributed by atoms with van der Waals surface area (Å²) in [7, 11) is 3.57. The number of imidazole rings is 1. The van der Waals surface area contributed by atoms with Crippen LogP contribution in [0.4, 0.5) is 0 Å². The second-order valence-electron chi connectivity index (χ2n) is 7.56. The van der Waals surface area contributed by atoms with Crippen LogP contribution in [0.25, 0.3) is 0 Å². The van der Waals surface area contributed by atoms with E-state index in [9.17, 15) is 0 Å². The summed E-state index contributed by atoms with van der Waals surface area (Å²) in [6.45, 7) is 10.6. The number of rotatable bonds is 6. The Balaban J connectivity index is 1.66. The minimum absolute atomic E-state index is 0.412. The molecular weight excluding hydrogens is 354 g/mol. The van der Waals surface area contributed by atoms with Crippen LogP contribution in [0.1, 0.15) is 36.3 Å². The van der Waals surface area contributed by atoms with E-state index in [0.717, 1.165) is 44.3 Å². The molecule has 1 fully saturated rings. The van der Waals surface area contributed by atoms with Crippen molar-refractivity contribution in [3.05, 3.63) is 35.7 Å². The largest absolute Gasteiger partial charge is 0.383 e. The molecule has 0 saturated carbocycles. The molecule has 3 rings (SSSR count). The fourth-order valence-corrected chi connectivity index (χ4v) is 3.98. The molecule has 3 heterocycles. The summed E-state index contributed by atoms with van der Waals surface area (Å²) >= 11 is 0. The van der Waals surface area contributed by atoms with E-state index < -0.39 is 0 Å². The standard InChI is InChI=1S/C20H33N7O/c1-15-6-8-25(13-19(15)26-9-7-22-14-26)20(21-4)23-12-18-16(2)24-27(17(18)3)10-11-28-5/h7,9,14-15,19H,6,8,10-13H2,1-5H3,(H,21,23). The first kappa shape index (κ1) is 20.4. The van der Waals surface area contributed by atoms with Crippen LogP contribution in [0, 0.1) is 19.8 Å². The van der Waals surface area contributed by atoms with Gasteiger partial charge in [-0.05, 0) is 26.2 Å². The molecule has 0 aromatic carbocycles. The maximum absolute atomic E-state index is 5.19. The zero-order chi connectivity index (χ0) is 20.1. The Morgan fingerprint density at radius 2 is 2.21 bits per heavy atom. The highest BCUT2D eigenvalue weighted by Crippen LogP contribution is 2.27. The molecule has 1 aliphatic rings. The lowest BCUT2D eigenvalue weighted by atomic mass is 9.93. The summed E-state index contributed by atoms with van der Waals surface area (Å²) in [5, 5.41) is 8.21. The van der Waals surface area contributed by atoms with Gasteiger partial charge in [-0.2, -0.15) is 5.10 Å². The van der Waals surface area contributed by atoms with E-state index in [0.29, 0.717) is 18.6 Å². The molecule has 1 aliphatic heterocycles. The number of nitrogens with one attached hydrogen (secondary N) is 1. The first-order chi connectivity index (χ1) is 13.5. The van der Waals surface area contributed by atoms with Gasteiger partial charge in [0.05, 0.1) is 31.2 Å². The number of hydrogen-bond donors (Lipinski definition) is 1. The van der Waals surface area contributed by atoms with Crippen LogP contribution in [0.5, 0.6) is 0 Å². The van der Waals surface area contributed by atoms with Gasteiger partial charge in [0.15, 0.2) is 5.96 Å². The smallest absolute Gasteiger partial charge is 0.193 e. The van der Waals surface area contributed by atoms with Crippen LogP contribution >= 0.6 is 0 Å². The topological polar surface area (TPSA) is 72.5 Å². The van der Waals surface area contributed by atoms with Crippen molar-refractivity contribution in [1.29, 1.82) is 0 Å². The molecule has 2 aromatic heterocycles. The molecule has 0 spiro atoms. The number of aryl methyl sites for hydroxylation is 1. The van der Waals surface area contributed by atoms with Gasteiger partial charge in [0.25, 0.3) is 0 Å². The lowest BCUT2D eigenvalue weighted by Gasteiger charge is -2.39. The van der Waals surface area contributed by atoms with Gasteiger partial charge in [-0.15, -0.1) is 0 Å². The predicted octanol–water partition coefficient (Wildman–Crippen LogP) is 2.00. The average molecular weight is 388 g/mol. The van der Waals surface area contributed by atoms with E-state index in [4.69, 9.17) is 4.74 Å². The van der Waals surface area contributed by atoms with Crippen LogP contribution < -0.4 is 5.32 Å². The van der Waals surface area contributed by atoms with Gasteiger partial charge in [0, 0.05) is 57.4 Å². The van der Waals surface area contributed by atoms with Gasteiger partial charge < -0.3 is 19.5 Å². The van der Waals surface area contributed by atoms with Crippen molar-refractivity contribution in [3.63, 3.8) is 0 Å². The quantitative estimate of drug-likeness (QED) is 0.606. The van der Waals surface area contributed by atoms with Crippen molar-refractivity contribution >= 4 is 5.96 Å². The number of hydrogen-bond acceptors (Lipinski definition) is 4. The molecule has 0 radical (unpaired) electrons. The number of nitrogens with zero attached hydrogens (tertiary/aromatic N) is 6. The molecule has 2 unspecified atom stereocenters. The van der Waals surface area contributed by atoms with E-state index >= 15 is 0 Å². The van der Waals surface area contributed by atoms with Crippen LogP contribution in [0.2, 0.25) is 0 Å². The summed E-state index contributed by atoms with van der Waals surface area (Å²) in [6, 6.07) is 0.412. The highest BCUT2D eigenvalue weighted by Gasteiger charge is 2.29. The van der Waals surface area contributed by atoms with Crippen LogP contribution in [0.3, 0.4) is 0 Å². The molecule has 0 aliphatic carbocycles. The summed E-state index contributed by atoms with van der Waals surface area (Å²) in [4.78, 5) is 11.1. The average Bonchev–Trinajstić information content (AvgIpc) is 3.31. The maximum Gasteiger partial charge on any atom is 0.193 e. The molecule has 28 heavy (non-hydrogen) atoms. The molecule has 1 N–H and O–H groups in total. The monoisotopic (exact) mass is 387 g/mol. The second kappa shape index (κ2) is 9.23. The zero-order valence-corrected chi connectivity index (χ0v) is 17.7. The normalized spacial score (nSPS) is 20.6. The number of piperidine rings is 1. The van der Waals surface area contributed by atoms with Crippen molar-refractivity contribution < 1.29 is 4.74 Å². The lowest BCUT2D eigenvalue weighted by Crippen LogP contribution is -2.48. The Bertz CT molecular complexity index is 781. The number of aromatic nitrogens is 4. The van der Waals surface area contributed by atoms with Gasteiger partial charge >= 0.3 is 0 Å². The van der Waals surface area contributed by atoms with Crippen LogP contribution in [-0.4, -0.2) is 64.0 Å². The van der Waals surface area contributed by atoms with E-state index in [1.54, 1.807) is 7.11 Å². The van der Waals surface area contributed by atoms with Crippen molar-refractivity contribution in [2.45, 2.75) is 46.3 Å². The molecule has 0 bridgehead atoms. The molecule has 8 heteroatoms. The summed E-state index contributed by atoms with van der Waals surface area (Å²) in [6.07, 6.45) is 6.96. The number of aliphatic imine (C=N–C) groups is 1. The third kappa shape index (κ3) is 4.38. The molecule has 1 saturated heterocycles. The number of ether oxygens (including phenoxy) is 1. The maximum atomic E-state index is 5.19. The molecule has 154 valence electrons. The summed E-state index contributed by atoms with van der Waals surface area (Å²) < 4.78 is 9.43. The molecule has 0 amide bonds. The van der Waals surface area contributed by atoms with Crippen molar-refractivity contribution in [2.75, 3.05) is 33.9 Å². The third-order valence-electron chi connectivity index (χ3n) is 5.80. The first-order valence-electron chi connectivity index (χ1n) is 10.00. The Morgan fingerprint density at radius 3 is 2.89 bits per heavy atom. The van der Waals surface area contributed by atoms with Crippen molar-refractivity contribution in [2.24, 2.45) is 10.9 Å². The fraction of sp³-hybridized carbons (Fsp3) is 0.650. The third-order valence-corrected chi connectivity index (χ3v) is 5.80. The van der Waals surface area contributed by atoms with Crippen molar-refractivity contribution in [1.82, 2.24) is 29.5 Å². The van der Waals surface area contributed by atoms with E-state index in [1.165, 1.54) is 11.3 Å². The SMILES string of the molecule is CN=C(NCc1c(C)nn(CCOC)c1C)N1CCC(C)C(n2ccnc2)C1. The van der Waals surface area contributed by atoms with Crippen molar-refractivity contribution in [3.8, 4) is 0 Å². The van der Waals surface area contributed by atoms with E-state index in [1.807, 2.05) is 24.3 Å². The molecule has 2 aromatic rings. The van der Waals surface area contributed by atoms with Gasteiger partial charge in [0.2, 0.25) is 0 Å². The Morgan fingerprint density at radius 1 is 1.39 bits per heavy atom. The number of likely N-dealkylation sites (tertiary alicyclic amines) is 1. The minimum atomic E-state index is 0.412. The van der Waals surface area contributed by atoms with E-state index in [-0.39, 0.29) is 0 Å². The first-order valence-corrected chi connectivity index (χ1v) is 10.00. The van der Waals surface area contributed by atoms with Crippen LogP contribution in [-0.2, 0) is 17.8 Å². The fourth-order valence-electron chi connectivity index (χ4n) is 3.98. The number of methoxy groups -OCH3 is 1. The highest BCUT2D eigenvalue weighted by molar-refractivity contribution is 5.80. The van der Waals surface area contributed by atoms with E-state index in [2.05, 4.69) is 56.8 Å². The van der Waals surface area contributed by atoms with Gasteiger partial charge in [-0.3, -0.25) is 9.67 Å². The zero-order valence-electron chi connectivity index (χ0n) is 17.7. The molecule has 8 nitrogen and oxygen atoms in total. The Labute approximate surface area is 167 Å². The Kier molecular flexibility index (Phi) is 6.72. The van der Waals surface area contributed by atoms with Gasteiger partial charge in [0.1, 0.15) is 0 Å². The summed E-state index contributed by atoms with van der Waals surface area (Å²) in [5.41, 5.74) is 3.47. The molecular formula is C20H33N7O. The van der Waals surface area contributed by atoms with Crippen LogP contribution in [0.15, 0.2) is 23.7 Å². The molecule has 2 atom stereocenters. The lowest BCUT2D eigenvalue weighted by molar-refractivity contribution is 0.182. The Hall–Kier alpha value is -2.35.